The highest BCUT2D eigenvalue weighted by atomic mass is 16.6. The van der Waals surface area contributed by atoms with Crippen LogP contribution in [0.3, 0.4) is 0 Å². The SMILES string of the molecule is CC.CC1COC(C)C(C)O1. The zero-order valence-corrected chi connectivity index (χ0v) is 8.26. The van der Waals surface area contributed by atoms with Crippen molar-refractivity contribution in [3.63, 3.8) is 0 Å². The van der Waals surface area contributed by atoms with Crippen molar-refractivity contribution in [2.24, 2.45) is 0 Å². The van der Waals surface area contributed by atoms with Gasteiger partial charge in [0.15, 0.2) is 0 Å². The molecule has 3 unspecified atom stereocenters. The summed E-state index contributed by atoms with van der Waals surface area (Å²) in [6, 6.07) is 0. The molecule has 0 aromatic rings. The molecule has 1 fully saturated rings. The summed E-state index contributed by atoms with van der Waals surface area (Å²) in [5.74, 6) is 0. The second kappa shape index (κ2) is 5.56. The summed E-state index contributed by atoms with van der Waals surface area (Å²) >= 11 is 0. The molecule has 0 spiro atoms. The molecule has 2 heteroatoms. The lowest BCUT2D eigenvalue weighted by Crippen LogP contribution is -2.38. The largest absolute Gasteiger partial charge is 0.373 e. The Labute approximate surface area is 69.9 Å². The third-order valence-corrected chi connectivity index (χ3v) is 1.70. The summed E-state index contributed by atoms with van der Waals surface area (Å²) in [6.45, 7) is 10.9. The van der Waals surface area contributed by atoms with E-state index in [4.69, 9.17) is 9.47 Å². The number of hydrogen-bond donors (Lipinski definition) is 0. The van der Waals surface area contributed by atoms with E-state index in [1.54, 1.807) is 0 Å². The van der Waals surface area contributed by atoms with E-state index in [9.17, 15) is 0 Å². The molecule has 1 aliphatic heterocycles. The van der Waals surface area contributed by atoms with Crippen LogP contribution in [-0.4, -0.2) is 24.9 Å². The monoisotopic (exact) mass is 160 g/mol. The van der Waals surface area contributed by atoms with Gasteiger partial charge in [-0.15, -0.1) is 0 Å². The average molecular weight is 160 g/mol. The Hall–Kier alpha value is -0.0800. The molecule has 3 atom stereocenters. The molecule has 0 saturated carbocycles. The van der Waals surface area contributed by atoms with E-state index in [0.29, 0.717) is 0 Å². The van der Waals surface area contributed by atoms with Gasteiger partial charge < -0.3 is 9.47 Å². The zero-order chi connectivity index (χ0) is 8.85. The lowest BCUT2D eigenvalue weighted by atomic mass is 10.2. The van der Waals surface area contributed by atoms with Gasteiger partial charge in [0.25, 0.3) is 0 Å². The van der Waals surface area contributed by atoms with Gasteiger partial charge in [-0.05, 0) is 20.8 Å². The molecule has 0 aromatic heterocycles. The molecule has 11 heavy (non-hydrogen) atoms. The standard InChI is InChI=1S/C7H14O2.C2H6/c1-5-4-8-6(2)7(3)9-5;1-2/h5-7H,4H2,1-3H3;1-2H3. The summed E-state index contributed by atoms with van der Waals surface area (Å²) in [5, 5.41) is 0. The molecule has 1 saturated heterocycles. The second-order valence-corrected chi connectivity index (χ2v) is 2.69. The Morgan fingerprint density at radius 2 is 1.55 bits per heavy atom. The molecular formula is C9H20O2. The third-order valence-electron chi connectivity index (χ3n) is 1.70. The van der Waals surface area contributed by atoms with Gasteiger partial charge in [-0.3, -0.25) is 0 Å². The van der Waals surface area contributed by atoms with E-state index in [2.05, 4.69) is 0 Å². The highest BCUT2D eigenvalue weighted by molar-refractivity contribution is 4.67. The molecule has 1 aliphatic rings. The van der Waals surface area contributed by atoms with Gasteiger partial charge in [-0.25, -0.2) is 0 Å². The maximum absolute atomic E-state index is 5.47. The predicted molar refractivity (Wildman–Crippen MR) is 46.8 cm³/mol. The minimum absolute atomic E-state index is 0.258. The molecule has 0 bridgehead atoms. The molecular weight excluding hydrogens is 140 g/mol. The van der Waals surface area contributed by atoms with Crippen LogP contribution in [0.15, 0.2) is 0 Å². The van der Waals surface area contributed by atoms with Crippen molar-refractivity contribution >= 4 is 0 Å². The molecule has 0 N–H and O–H groups in total. The van der Waals surface area contributed by atoms with Crippen LogP contribution in [0.1, 0.15) is 34.6 Å². The van der Waals surface area contributed by atoms with Crippen LogP contribution in [0, 0.1) is 0 Å². The summed E-state index contributed by atoms with van der Waals surface area (Å²) in [6.07, 6.45) is 0.797. The Bertz CT molecular complexity index is 93.6. The molecule has 0 radical (unpaired) electrons. The lowest BCUT2D eigenvalue weighted by molar-refractivity contribution is -0.161. The van der Waals surface area contributed by atoms with Crippen LogP contribution in [0.2, 0.25) is 0 Å². The number of hydrogen-bond acceptors (Lipinski definition) is 2. The molecule has 2 nitrogen and oxygen atoms in total. The van der Waals surface area contributed by atoms with Gasteiger partial charge in [-0.1, -0.05) is 13.8 Å². The van der Waals surface area contributed by atoms with Crippen molar-refractivity contribution in [2.45, 2.75) is 52.9 Å². The smallest absolute Gasteiger partial charge is 0.0810 e. The van der Waals surface area contributed by atoms with Crippen LogP contribution >= 0.6 is 0 Å². The van der Waals surface area contributed by atoms with Crippen molar-refractivity contribution in [1.82, 2.24) is 0 Å². The maximum atomic E-state index is 5.47. The third kappa shape index (κ3) is 3.73. The fourth-order valence-corrected chi connectivity index (χ4v) is 0.939. The minimum Gasteiger partial charge on any atom is -0.373 e. The summed E-state index contributed by atoms with van der Waals surface area (Å²) in [5.41, 5.74) is 0. The van der Waals surface area contributed by atoms with Crippen LogP contribution in [-0.2, 0) is 9.47 Å². The first-order chi connectivity index (χ1) is 5.20. The van der Waals surface area contributed by atoms with E-state index in [1.807, 2.05) is 34.6 Å². The van der Waals surface area contributed by atoms with Crippen molar-refractivity contribution < 1.29 is 9.47 Å². The molecule has 68 valence electrons. The number of rotatable bonds is 0. The molecule has 0 aliphatic carbocycles. The first-order valence-electron chi connectivity index (χ1n) is 4.47. The quantitative estimate of drug-likeness (QED) is 0.541. The Morgan fingerprint density at radius 1 is 1.00 bits per heavy atom. The average Bonchev–Trinajstić information content (AvgIpc) is 2.02. The van der Waals surface area contributed by atoms with E-state index >= 15 is 0 Å². The molecule has 1 heterocycles. The second-order valence-electron chi connectivity index (χ2n) is 2.69. The van der Waals surface area contributed by atoms with Crippen LogP contribution < -0.4 is 0 Å². The van der Waals surface area contributed by atoms with E-state index < -0.39 is 0 Å². The van der Waals surface area contributed by atoms with Gasteiger partial charge in [0.05, 0.1) is 24.9 Å². The van der Waals surface area contributed by atoms with Crippen LogP contribution in [0.5, 0.6) is 0 Å². The fourth-order valence-electron chi connectivity index (χ4n) is 0.939. The molecule has 1 rings (SSSR count). The molecule has 0 amide bonds. The lowest BCUT2D eigenvalue weighted by Gasteiger charge is -2.30. The Morgan fingerprint density at radius 3 is 1.91 bits per heavy atom. The van der Waals surface area contributed by atoms with Crippen molar-refractivity contribution in [3.05, 3.63) is 0 Å². The van der Waals surface area contributed by atoms with Crippen LogP contribution in [0.4, 0.5) is 0 Å². The van der Waals surface area contributed by atoms with Gasteiger partial charge in [0.1, 0.15) is 0 Å². The normalized spacial score (nSPS) is 37.4. The minimum atomic E-state index is 0.258. The Kier molecular flexibility index (Phi) is 5.51. The van der Waals surface area contributed by atoms with Crippen molar-refractivity contribution in [3.8, 4) is 0 Å². The maximum Gasteiger partial charge on any atom is 0.0810 e. The van der Waals surface area contributed by atoms with Gasteiger partial charge in [0, 0.05) is 0 Å². The summed E-state index contributed by atoms with van der Waals surface area (Å²) in [4.78, 5) is 0. The van der Waals surface area contributed by atoms with Crippen molar-refractivity contribution in [2.75, 3.05) is 6.61 Å². The summed E-state index contributed by atoms with van der Waals surface area (Å²) in [7, 11) is 0. The van der Waals surface area contributed by atoms with Gasteiger partial charge in [0.2, 0.25) is 0 Å². The van der Waals surface area contributed by atoms with E-state index in [1.165, 1.54) is 0 Å². The predicted octanol–water partition coefficient (Wildman–Crippen LogP) is 2.22. The van der Waals surface area contributed by atoms with Gasteiger partial charge in [-0.2, -0.15) is 0 Å². The highest BCUT2D eigenvalue weighted by Gasteiger charge is 2.22. The van der Waals surface area contributed by atoms with Gasteiger partial charge >= 0.3 is 0 Å². The summed E-state index contributed by atoms with van der Waals surface area (Å²) < 4.78 is 10.9. The topological polar surface area (TPSA) is 18.5 Å². The Balaban J connectivity index is 0.000000461. The first kappa shape index (κ1) is 10.9. The highest BCUT2D eigenvalue weighted by Crippen LogP contribution is 2.12. The van der Waals surface area contributed by atoms with E-state index in [-0.39, 0.29) is 18.3 Å². The van der Waals surface area contributed by atoms with Crippen LogP contribution in [0.25, 0.3) is 0 Å². The fraction of sp³-hybridized carbons (Fsp3) is 1.00. The zero-order valence-electron chi connectivity index (χ0n) is 8.26. The molecule has 0 aromatic carbocycles. The first-order valence-corrected chi connectivity index (χ1v) is 4.47. The van der Waals surface area contributed by atoms with E-state index in [0.717, 1.165) is 6.61 Å². The number of ether oxygens (including phenoxy) is 2. The van der Waals surface area contributed by atoms with Crippen molar-refractivity contribution in [1.29, 1.82) is 0 Å².